The third-order valence-corrected chi connectivity index (χ3v) is 5.26. The molecule has 1 atom stereocenters. The van der Waals surface area contributed by atoms with Crippen molar-refractivity contribution < 1.29 is 0 Å². The lowest BCUT2D eigenvalue weighted by atomic mass is 10.4. The van der Waals surface area contributed by atoms with E-state index in [1.54, 1.807) is 0 Å². The SMILES string of the molecule is CC(CN(C)C)[Si](C)(C)C. The van der Waals surface area contributed by atoms with E-state index in [4.69, 9.17) is 0 Å². The standard InChI is InChI=1S/C8H21NSi/c1-8(7-9(2)3)10(4,5)6/h8H,7H2,1-6H3. The van der Waals surface area contributed by atoms with Gasteiger partial charge in [0.2, 0.25) is 0 Å². The van der Waals surface area contributed by atoms with E-state index in [1.807, 2.05) is 0 Å². The Hall–Kier alpha value is 0.177. The average molecular weight is 159 g/mol. The first-order valence-corrected chi connectivity index (χ1v) is 7.56. The van der Waals surface area contributed by atoms with Crippen molar-refractivity contribution in [1.29, 1.82) is 0 Å². The molecular formula is C8H21NSi. The number of nitrogens with zero attached hydrogens (tertiary/aromatic N) is 1. The molecule has 0 amide bonds. The largest absolute Gasteiger partial charge is 0.309 e. The highest BCUT2D eigenvalue weighted by Gasteiger charge is 2.22. The van der Waals surface area contributed by atoms with Crippen LogP contribution in [0.3, 0.4) is 0 Å². The minimum Gasteiger partial charge on any atom is -0.309 e. The molecule has 0 aliphatic rings. The molecule has 0 aliphatic carbocycles. The van der Waals surface area contributed by atoms with E-state index in [2.05, 4.69) is 45.6 Å². The summed E-state index contributed by atoms with van der Waals surface area (Å²) < 4.78 is 0. The molecule has 0 aromatic rings. The lowest BCUT2D eigenvalue weighted by Crippen LogP contribution is -2.33. The van der Waals surface area contributed by atoms with Gasteiger partial charge in [0.25, 0.3) is 0 Å². The first-order chi connectivity index (χ1) is 4.34. The van der Waals surface area contributed by atoms with Crippen LogP contribution in [0.15, 0.2) is 0 Å². The minimum atomic E-state index is -0.865. The van der Waals surface area contributed by atoms with Gasteiger partial charge in [-0.2, -0.15) is 0 Å². The first-order valence-electron chi connectivity index (χ1n) is 3.98. The van der Waals surface area contributed by atoms with Gasteiger partial charge in [0, 0.05) is 8.07 Å². The van der Waals surface area contributed by atoms with Crippen LogP contribution in [0.2, 0.25) is 25.2 Å². The summed E-state index contributed by atoms with van der Waals surface area (Å²) in [4.78, 5) is 2.28. The Balaban J connectivity index is 3.73. The van der Waals surface area contributed by atoms with Crippen LogP contribution in [0.4, 0.5) is 0 Å². The summed E-state index contributed by atoms with van der Waals surface area (Å²) in [7, 11) is 3.43. The van der Waals surface area contributed by atoms with Crippen LogP contribution in [0.5, 0.6) is 0 Å². The molecule has 0 saturated carbocycles. The van der Waals surface area contributed by atoms with Crippen molar-refractivity contribution in [1.82, 2.24) is 4.90 Å². The Labute approximate surface area is 66.4 Å². The number of hydrogen-bond acceptors (Lipinski definition) is 1. The highest BCUT2D eigenvalue weighted by atomic mass is 28.3. The Bertz CT molecular complexity index is 93.9. The van der Waals surface area contributed by atoms with Crippen molar-refractivity contribution in [2.75, 3.05) is 20.6 Å². The van der Waals surface area contributed by atoms with E-state index < -0.39 is 8.07 Å². The van der Waals surface area contributed by atoms with Crippen LogP contribution in [0.1, 0.15) is 6.92 Å². The zero-order chi connectivity index (χ0) is 8.36. The second-order valence-electron chi connectivity index (χ2n) is 4.53. The molecule has 0 N–H and O–H groups in total. The molecule has 0 aromatic carbocycles. The van der Waals surface area contributed by atoms with Crippen molar-refractivity contribution in [3.63, 3.8) is 0 Å². The number of hydrogen-bond donors (Lipinski definition) is 0. The molecule has 2 heteroatoms. The van der Waals surface area contributed by atoms with Gasteiger partial charge in [-0.15, -0.1) is 0 Å². The highest BCUT2D eigenvalue weighted by molar-refractivity contribution is 6.77. The van der Waals surface area contributed by atoms with Gasteiger partial charge in [0.1, 0.15) is 0 Å². The van der Waals surface area contributed by atoms with Crippen LogP contribution >= 0.6 is 0 Å². The summed E-state index contributed by atoms with van der Waals surface area (Å²) in [5, 5.41) is 0. The second kappa shape index (κ2) is 3.53. The fraction of sp³-hybridized carbons (Fsp3) is 1.00. The van der Waals surface area contributed by atoms with E-state index in [1.165, 1.54) is 6.54 Å². The van der Waals surface area contributed by atoms with Crippen LogP contribution in [0.25, 0.3) is 0 Å². The van der Waals surface area contributed by atoms with Crippen LogP contribution in [-0.4, -0.2) is 33.6 Å². The van der Waals surface area contributed by atoms with Crippen molar-refractivity contribution in [2.24, 2.45) is 0 Å². The molecule has 0 heterocycles. The quantitative estimate of drug-likeness (QED) is 0.571. The Morgan fingerprint density at radius 2 is 1.60 bits per heavy atom. The third kappa shape index (κ3) is 4.07. The van der Waals surface area contributed by atoms with E-state index in [-0.39, 0.29) is 0 Å². The fourth-order valence-electron chi connectivity index (χ4n) is 0.822. The lowest BCUT2D eigenvalue weighted by Gasteiger charge is -2.27. The predicted octanol–water partition coefficient (Wildman–Crippen LogP) is 2.28. The summed E-state index contributed by atoms with van der Waals surface area (Å²) in [5.41, 5.74) is 0.905. The molecule has 0 rings (SSSR count). The van der Waals surface area contributed by atoms with Gasteiger partial charge in [0.15, 0.2) is 0 Å². The van der Waals surface area contributed by atoms with E-state index in [0.717, 1.165) is 5.54 Å². The van der Waals surface area contributed by atoms with E-state index >= 15 is 0 Å². The molecule has 0 aliphatic heterocycles. The summed E-state index contributed by atoms with van der Waals surface area (Å²) in [6.45, 7) is 10.9. The van der Waals surface area contributed by atoms with Crippen molar-refractivity contribution >= 4 is 8.07 Å². The summed E-state index contributed by atoms with van der Waals surface area (Å²) in [5.74, 6) is 0. The molecule has 0 fully saturated rings. The van der Waals surface area contributed by atoms with Gasteiger partial charge < -0.3 is 4.90 Å². The maximum atomic E-state index is 2.43. The number of rotatable bonds is 3. The monoisotopic (exact) mass is 159 g/mol. The molecule has 1 nitrogen and oxygen atoms in total. The summed E-state index contributed by atoms with van der Waals surface area (Å²) in [6, 6.07) is 0. The average Bonchev–Trinajstić information content (AvgIpc) is 1.60. The molecular weight excluding hydrogens is 138 g/mol. The molecule has 1 unspecified atom stereocenters. The normalized spacial score (nSPS) is 15.9. The van der Waals surface area contributed by atoms with Crippen molar-refractivity contribution in [3.8, 4) is 0 Å². The van der Waals surface area contributed by atoms with Crippen molar-refractivity contribution in [2.45, 2.75) is 32.1 Å². The molecule has 0 radical (unpaired) electrons. The van der Waals surface area contributed by atoms with E-state index in [0.29, 0.717) is 0 Å². The van der Waals surface area contributed by atoms with Gasteiger partial charge in [-0.25, -0.2) is 0 Å². The van der Waals surface area contributed by atoms with Crippen LogP contribution < -0.4 is 0 Å². The molecule has 0 saturated heterocycles. The minimum absolute atomic E-state index is 0.865. The van der Waals surface area contributed by atoms with Gasteiger partial charge >= 0.3 is 0 Å². The topological polar surface area (TPSA) is 3.24 Å². The Morgan fingerprint density at radius 3 is 1.70 bits per heavy atom. The Kier molecular flexibility index (Phi) is 3.60. The zero-order valence-electron chi connectivity index (χ0n) is 8.23. The predicted molar refractivity (Wildman–Crippen MR) is 51.3 cm³/mol. The maximum Gasteiger partial charge on any atom is 0.0484 e. The van der Waals surface area contributed by atoms with Gasteiger partial charge in [0.05, 0.1) is 0 Å². The fourth-order valence-corrected chi connectivity index (χ4v) is 1.73. The molecule has 0 spiro atoms. The van der Waals surface area contributed by atoms with Gasteiger partial charge in [-0.1, -0.05) is 26.6 Å². The smallest absolute Gasteiger partial charge is 0.0484 e. The molecule has 10 heavy (non-hydrogen) atoms. The van der Waals surface area contributed by atoms with E-state index in [9.17, 15) is 0 Å². The third-order valence-electron chi connectivity index (χ3n) is 2.12. The summed E-state index contributed by atoms with van der Waals surface area (Å²) >= 11 is 0. The van der Waals surface area contributed by atoms with Crippen molar-refractivity contribution in [3.05, 3.63) is 0 Å². The zero-order valence-corrected chi connectivity index (χ0v) is 9.23. The van der Waals surface area contributed by atoms with Crippen LogP contribution in [-0.2, 0) is 0 Å². The molecule has 62 valence electrons. The Morgan fingerprint density at radius 1 is 1.20 bits per heavy atom. The summed E-state index contributed by atoms with van der Waals surface area (Å²) in [6.07, 6.45) is 0. The van der Waals surface area contributed by atoms with Gasteiger partial charge in [-0.05, 0) is 26.2 Å². The lowest BCUT2D eigenvalue weighted by molar-refractivity contribution is 0.404. The molecule has 0 aromatic heterocycles. The van der Waals surface area contributed by atoms with Gasteiger partial charge in [-0.3, -0.25) is 0 Å². The molecule has 0 bridgehead atoms. The first kappa shape index (κ1) is 10.2. The highest BCUT2D eigenvalue weighted by Crippen LogP contribution is 2.20. The second-order valence-corrected chi connectivity index (χ2v) is 10.2. The van der Waals surface area contributed by atoms with Crippen LogP contribution in [0, 0.1) is 0 Å². The maximum absolute atomic E-state index is 2.43.